The summed E-state index contributed by atoms with van der Waals surface area (Å²) >= 11 is 5.19. The number of aryl methyl sites for hydroxylation is 2. The van der Waals surface area contributed by atoms with Crippen molar-refractivity contribution in [2.45, 2.75) is 12.8 Å². The number of fused-ring (bicyclic) bond motifs is 3. The van der Waals surface area contributed by atoms with Gasteiger partial charge in [-0.25, -0.2) is 4.98 Å². The molecule has 4 heteroatoms. The zero-order valence-corrected chi connectivity index (χ0v) is 11.2. The minimum Gasteiger partial charge on any atom is -0.497 e. The van der Waals surface area contributed by atoms with Crippen molar-refractivity contribution in [3.8, 4) is 17.0 Å². The van der Waals surface area contributed by atoms with Crippen molar-refractivity contribution >= 4 is 27.3 Å². The molecule has 0 saturated carbocycles. The Morgan fingerprint density at radius 1 is 1.38 bits per heavy atom. The number of thiazole rings is 1. The number of hydrogen-bond donors (Lipinski definition) is 0. The first-order valence-electron chi connectivity index (χ1n) is 5.10. The van der Waals surface area contributed by atoms with Crippen LogP contribution in [0.25, 0.3) is 11.3 Å². The third kappa shape index (κ3) is 1.57. The third-order valence-corrected chi connectivity index (χ3v) is 4.43. The summed E-state index contributed by atoms with van der Waals surface area (Å²) < 4.78 is 6.22. The molecule has 1 heterocycles. The lowest BCUT2D eigenvalue weighted by atomic mass is 9.93. The highest BCUT2D eigenvalue weighted by atomic mass is 79.9. The lowest BCUT2D eigenvalue weighted by molar-refractivity contribution is 0.414. The number of benzene rings is 1. The molecule has 1 aromatic carbocycles. The molecule has 0 saturated heterocycles. The molecular formula is C12H10BrNOS. The summed E-state index contributed by atoms with van der Waals surface area (Å²) in [5.74, 6) is 0.927. The fourth-order valence-corrected chi connectivity index (χ4v) is 3.65. The lowest BCUT2D eigenvalue weighted by Gasteiger charge is -2.15. The molecule has 1 aromatic heterocycles. The third-order valence-electron chi connectivity index (χ3n) is 2.86. The molecule has 0 unspecified atom stereocenters. The number of rotatable bonds is 1. The van der Waals surface area contributed by atoms with Crippen molar-refractivity contribution in [1.29, 1.82) is 0 Å². The molecule has 0 radical (unpaired) electrons. The van der Waals surface area contributed by atoms with Crippen LogP contribution in [0, 0.1) is 0 Å². The van der Waals surface area contributed by atoms with E-state index in [1.54, 1.807) is 18.4 Å². The predicted octanol–water partition coefficient (Wildman–Crippen LogP) is 3.68. The van der Waals surface area contributed by atoms with E-state index in [9.17, 15) is 0 Å². The molecule has 2 aromatic rings. The topological polar surface area (TPSA) is 22.1 Å². The number of hydrogen-bond acceptors (Lipinski definition) is 3. The fraction of sp³-hybridized carbons (Fsp3) is 0.250. The molecular weight excluding hydrogens is 286 g/mol. The van der Waals surface area contributed by atoms with Gasteiger partial charge in [-0.3, -0.25) is 0 Å². The van der Waals surface area contributed by atoms with E-state index in [1.165, 1.54) is 16.0 Å². The minimum absolute atomic E-state index is 0.927. The second-order valence-electron chi connectivity index (χ2n) is 3.76. The quantitative estimate of drug-likeness (QED) is 0.801. The second kappa shape index (κ2) is 3.86. The molecule has 0 atom stereocenters. The van der Waals surface area contributed by atoms with Crippen LogP contribution in [0.15, 0.2) is 22.1 Å². The average molecular weight is 296 g/mol. The van der Waals surface area contributed by atoms with E-state index in [0.29, 0.717) is 0 Å². The summed E-state index contributed by atoms with van der Waals surface area (Å²) in [7, 11) is 1.70. The van der Waals surface area contributed by atoms with Crippen LogP contribution in [0.1, 0.15) is 10.4 Å². The minimum atomic E-state index is 0.927. The molecule has 16 heavy (non-hydrogen) atoms. The first kappa shape index (κ1) is 10.3. The predicted molar refractivity (Wildman–Crippen MR) is 69.2 cm³/mol. The van der Waals surface area contributed by atoms with Crippen LogP contribution in [0.2, 0.25) is 0 Å². The van der Waals surface area contributed by atoms with E-state index >= 15 is 0 Å². The fourth-order valence-electron chi connectivity index (χ4n) is 2.09. The number of ether oxygens (including phenoxy) is 1. The first-order chi connectivity index (χ1) is 7.78. The smallest absolute Gasteiger partial charge is 0.160 e. The molecule has 2 nitrogen and oxygen atoms in total. The van der Waals surface area contributed by atoms with Crippen LogP contribution in [-0.2, 0) is 12.8 Å². The van der Waals surface area contributed by atoms with Gasteiger partial charge in [-0.1, -0.05) is 0 Å². The molecule has 0 spiro atoms. The zero-order valence-electron chi connectivity index (χ0n) is 8.79. The van der Waals surface area contributed by atoms with Gasteiger partial charge < -0.3 is 4.74 Å². The maximum atomic E-state index is 5.25. The van der Waals surface area contributed by atoms with E-state index < -0.39 is 0 Å². The van der Waals surface area contributed by atoms with Gasteiger partial charge in [-0.05, 0) is 52.5 Å². The highest BCUT2D eigenvalue weighted by molar-refractivity contribution is 9.11. The molecule has 0 amide bonds. The van der Waals surface area contributed by atoms with E-state index in [4.69, 9.17) is 4.74 Å². The first-order valence-corrected chi connectivity index (χ1v) is 6.71. The maximum Gasteiger partial charge on any atom is 0.160 e. The summed E-state index contributed by atoms with van der Waals surface area (Å²) in [5, 5.41) is 0. The standard InChI is InChI=1S/C12H10BrNOS/c1-15-8-3-4-9-7(6-8)2-5-10-11(9)14-12(13)16-10/h3-4,6H,2,5H2,1H3. The molecule has 82 valence electrons. The molecule has 0 bridgehead atoms. The van der Waals surface area contributed by atoms with Gasteiger partial charge in [0.15, 0.2) is 3.92 Å². The Morgan fingerprint density at radius 2 is 2.25 bits per heavy atom. The molecule has 3 rings (SSSR count). The summed E-state index contributed by atoms with van der Waals surface area (Å²) in [6.45, 7) is 0. The van der Waals surface area contributed by atoms with Crippen molar-refractivity contribution in [2.24, 2.45) is 0 Å². The van der Waals surface area contributed by atoms with Gasteiger partial charge in [0.25, 0.3) is 0 Å². The van der Waals surface area contributed by atoms with Crippen LogP contribution in [0.5, 0.6) is 5.75 Å². The van der Waals surface area contributed by atoms with Crippen LogP contribution in [0.3, 0.4) is 0 Å². The van der Waals surface area contributed by atoms with Crippen LogP contribution in [0.4, 0.5) is 0 Å². The van der Waals surface area contributed by atoms with E-state index in [2.05, 4.69) is 33.0 Å². The van der Waals surface area contributed by atoms with Gasteiger partial charge in [0, 0.05) is 10.4 Å². The zero-order chi connectivity index (χ0) is 11.1. The Labute approximate surface area is 106 Å². The Bertz CT molecular complexity index is 550. The van der Waals surface area contributed by atoms with Gasteiger partial charge in [0.2, 0.25) is 0 Å². The molecule has 1 aliphatic rings. The molecule has 1 aliphatic carbocycles. The molecule has 0 N–H and O–H groups in total. The average Bonchev–Trinajstić information content (AvgIpc) is 2.69. The highest BCUT2D eigenvalue weighted by Crippen LogP contribution is 2.38. The van der Waals surface area contributed by atoms with Gasteiger partial charge in [-0.2, -0.15) is 0 Å². The molecule has 0 fully saturated rings. The Kier molecular flexibility index (Phi) is 2.48. The van der Waals surface area contributed by atoms with Crippen LogP contribution in [-0.4, -0.2) is 12.1 Å². The van der Waals surface area contributed by atoms with Crippen molar-refractivity contribution in [2.75, 3.05) is 7.11 Å². The largest absolute Gasteiger partial charge is 0.497 e. The Balaban J connectivity index is 2.17. The van der Waals surface area contributed by atoms with Crippen molar-refractivity contribution in [3.63, 3.8) is 0 Å². The normalized spacial score (nSPS) is 13.1. The van der Waals surface area contributed by atoms with Gasteiger partial charge in [-0.15, -0.1) is 11.3 Å². The van der Waals surface area contributed by atoms with Crippen LogP contribution < -0.4 is 4.74 Å². The van der Waals surface area contributed by atoms with Gasteiger partial charge >= 0.3 is 0 Å². The lowest BCUT2D eigenvalue weighted by Crippen LogP contribution is -2.02. The summed E-state index contributed by atoms with van der Waals surface area (Å²) in [6.07, 6.45) is 2.16. The van der Waals surface area contributed by atoms with E-state index in [-0.39, 0.29) is 0 Å². The van der Waals surface area contributed by atoms with E-state index in [0.717, 1.165) is 28.2 Å². The molecule has 0 aliphatic heterocycles. The summed E-state index contributed by atoms with van der Waals surface area (Å²) in [6, 6.07) is 6.23. The van der Waals surface area contributed by atoms with Gasteiger partial charge in [0.1, 0.15) is 5.75 Å². The SMILES string of the molecule is COc1ccc2c(c1)CCc1sc(Br)nc1-2. The van der Waals surface area contributed by atoms with Gasteiger partial charge in [0.05, 0.1) is 12.8 Å². The van der Waals surface area contributed by atoms with E-state index in [1.807, 2.05) is 6.07 Å². The number of nitrogens with zero attached hydrogens (tertiary/aromatic N) is 1. The number of halogens is 1. The Morgan fingerprint density at radius 3 is 3.06 bits per heavy atom. The van der Waals surface area contributed by atoms with Crippen molar-refractivity contribution < 1.29 is 4.74 Å². The number of aromatic nitrogens is 1. The Hall–Kier alpha value is -0.870. The van der Waals surface area contributed by atoms with Crippen molar-refractivity contribution in [1.82, 2.24) is 4.98 Å². The monoisotopic (exact) mass is 295 g/mol. The van der Waals surface area contributed by atoms with Crippen LogP contribution >= 0.6 is 27.3 Å². The number of methoxy groups -OCH3 is 1. The second-order valence-corrected chi connectivity index (χ2v) is 6.12. The highest BCUT2D eigenvalue weighted by Gasteiger charge is 2.20. The van der Waals surface area contributed by atoms with Crippen molar-refractivity contribution in [3.05, 3.63) is 32.6 Å². The maximum absolute atomic E-state index is 5.25. The summed E-state index contributed by atoms with van der Waals surface area (Å²) in [4.78, 5) is 5.92. The summed E-state index contributed by atoms with van der Waals surface area (Å²) in [5.41, 5.74) is 3.73.